The van der Waals surface area contributed by atoms with Crippen molar-refractivity contribution in [3.63, 3.8) is 0 Å². The number of nitrogens with two attached hydrogens (primary N) is 1. The van der Waals surface area contributed by atoms with Crippen LogP contribution in [0, 0.1) is 5.92 Å². The third-order valence-corrected chi connectivity index (χ3v) is 6.89. The van der Waals surface area contributed by atoms with Gasteiger partial charge in [-0.2, -0.15) is 10.1 Å². The first kappa shape index (κ1) is 21.4. The number of esters is 1. The monoisotopic (exact) mass is 448 g/mol. The molecule has 9 heteroatoms. The van der Waals surface area contributed by atoms with Gasteiger partial charge in [-0.25, -0.2) is 9.67 Å². The zero-order valence-corrected chi connectivity index (χ0v) is 18.4. The number of aromatic nitrogens is 4. The Morgan fingerprint density at radius 3 is 2.61 bits per heavy atom. The molecule has 9 nitrogen and oxygen atoms in total. The van der Waals surface area contributed by atoms with Crippen LogP contribution >= 0.6 is 0 Å². The quantitative estimate of drug-likeness (QED) is 0.555. The molecule has 172 valence electrons. The summed E-state index contributed by atoms with van der Waals surface area (Å²) in [6.07, 6.45) is 9.29. The second-order valence-electron chi connectivity index (χ2n) is 9.03. The molecule has 3 N–H and O–H groups in total. The van der Waals surface area contributed by atoms with Crippen LogP contribution in [0.2, 0.25) is 0 Å². The number of amides is 1. The second-order valence-corrected chi connectivity index (χ2v) is 9.03. The number of carbonyl (C=O) groups is 2. The summed E-state index contributed by atoms with van der Waals surface area (Å²) in [7, 11) is 0. The van der Waals surface area contributed by atoms with E-state index in [1.165, 1.54) is 0 Å². The van der Waals surface area contributed by atoms with E-state index in [0.717, 1.165) is 36.6 Å². The highest BCUT2D eigenvalue weighted by atomic mass is 16.6. The number of primary amides is 1. The first-order chi connectivity index (χ1) is 16.0. The largest absolute Gasteiger partial charge is 0.449 e. The molecule has 2 heterocycles. The molecule has 1 amide bonds. The minimum atomic E-state index is -1.10. The van der Waals surface area contributed by atoms with Crippen LogP contribution in [0.3, 0.4) is 0 Å². The number of benzene rings is 1. The Morgan fingerprint density at radius 2 is 1.85 bits per heavy atom. The van der Waals surface area contributed by atoms with E-state index in [1.807, 2.05) is 36.5 Å². The Morgan fingerprint density at radius 1 is 1.09 bits per heavy atom. The average Bonchev–Trinajstić information content (AvgIpc) is 3.48. The van der Waals surface area contributed by atoms with E-state index in [1.54, 1.807) is 10.9 Å². The Kier molecular flexibility index (Phi) is 5.70. The summed E-state index contributed by atoms with van der Waals surface area (Å²) in [4.78, 5) is 33.6. The highest BCUT2D eigenvalue weighted by Gasteiger charge is 2.44. The minimum Gasteiger partial charge on any atom is -0.449 e. The number of ether oxygens (including phenoxy) is 1. The summed E-state index contributed by atoms with van der Waals surface area (Å²) in [5.74, 6) is 0.210. The number of anilines is 1. The van der Waals surface area contributed by atoms with Crippen molar-refractivity contribution in [2.75, 3.05) is 5.32 Å². The Balaban J connectivity index is 1.20. The van der Waals surface area contributed by atoms with Crippen molar-refractivity contribution >= 4 is 28.7 Å². The third kappa shape index (κ3) is 4.27. The van der Waals surface area contributed by atoms with Gasteiger partial charge >= 0.3 is 5.97 Å². The van der Waals surface area contributed by atoms with Gasteiger partial charge in [0.05, 0.1) is 17.6 Å². The Labute approximate surface area is 191 Å². The SMILES string of the molecule is NC(=O)C1(OC(=O)C2CCC(Nc3nccc(-n4ncc5ccccc54)n3)CC2)CCCC1. The fourth-order valence-corrected chi connectivity index (χ4v) is 4.97. The van der Waals surface area contributed by atoms with Crippen LogP contribution < -0.4 is 11.1 Å². The van der Waals surface area contributed by atoms with E-state index in [2.05, 4.69) is 20.4 Å². The number of rotatable bonds is 6. The second kappa shape index (κ2) is 8.80. The zero-order valence-electron chi connectivity index (χ0n) is 18.4. The molecule has 2 aliphatic rings. The molecule has 3 aromatic rings. The van der Waals surface area contributed by atoms with Crippen molar-refractivity contribution < 1.29 is 14.3 Å². The number of hydrogen-bond acceptors (Lipinski definition) is 7. The van der Waals surface area contributed by atoms with Gasteiger partial charge in [0.15, 0.2) is 11.4 Å². The maximum absolute atomic E-state index is 12.7. The molecule has 33 heavy (non-hydrogen) atoms. The first-order valence-corrected chi connectivity index (χ1v) is 11.6. The summed E-state index contributed by atoms with van der Waals surface area (Å²) in [5, 5.41) is 8.90. The van der Waals surface area contributed by atoms with Crippen molar-refractivity contribution in [2.45, 2.75) is 63.0 Å². The normalized spacial score (nSPS) is 22.2. The number of nitrogens with one attached hydrogen (secondary N) is 1. The fourth-order valence-electron chi connectivity index (χ4n) is 4.97. The van der Waals surface area contributed by atoms with Crippen LogP contribution in [-0.2, 0) is 14.3 Å². The molecule has 1 aromatic carbocycles. The molecule has 0 atom stereocenters. The number of para-hydroxylation sites is 1. The van der Waals surface area contributed by atoms with Gasteiger partial charge in [-0.1, -0.05) is 18.2 Å². The topological polar surface area (TPSA) is 125 Å². The zero-order chi connectivity index (χ0) is 22.8. The number of nitrogens with zero attached hydrogens (tertiary/aromatic N) is 4. The van der Waals surface area contributed by atoms with Gasteiger partial charge in [0.1, 0.15) is 0 Å². The summed E-state index contributed by atoms with van der Waals surface area (Å²) in [6, 6.07) is 9.97. The predicted octanol–water partition coefficient (Wildman–Crippen LogP) is 3.13. The third-order valence-electron chi connectivity index (χ3n) is 6.89. The number of hydrogen-bond donors (Lipinski definition) is 2. The lowest BCUT2D eigenvalue weighted by atomic mass is 9.86. The summed E-state index contributed by atoms with van der Waals surface area (Å²) >= 11 is 0. The van der Waals surface area contributed by atoms with Gasteiger partial charge in [0.2, 0.25) is 5.95 Å². The Bertz CT molecular complexity index is 1160. The van der Waals surface area contributed by atoms with Gasteiger partial charge in [-0.05, 0) is 57.4 Å². The van der Waals surface area contributed by atoms with E-state index in [4.69, 9.17) is 10.5 Å². The van der Waals surface area contributed by atoms with E-state index in [-0.39, 0.29) is 17.9 Å². The lowest BCUT2D eigenvalue weighted by Crippen LogP contribution is -2.47. The number of carbonyl (C=O) groups excluding carboxylic acids is 2. The van der Waals surface area contributed by atoms with E-state index >= 15 is 0 Å². The van der Waals surface area contributed by atoms with Crippen LogP contribution in [-0.4, -0.2) is 43.3 Å². The van der Waals surface area contributed by atoms with Gasteiger partial charge in [0, 0.05) is 23.7 Å². The molecular weight excluding hydrogens is 420 g/mol. The molecule has 0 spiro atoms. The fraction of sp³-hybridized carbons (Fsp3) is 0.458. The molecule has 2 fully saturated rings. The van der Waals surface area contributed by atoms with Gasteiger partial charge in [-0.15, -0.1) is 0 Å². The molecule has 0 radical (unpaired) electrons. The average molecular weight is 449 g/mol. The van der Waals surface area contributed by atoms with Crippen molar-refractivity contribution in [3.8, 4) is 5.82 Å². The van der Waals surface area contributed by atoms with Gasteiger partial charge in [0.25, 0.3) is 5.91 Å². The number of fused-ring (bicyclic) bond motifs is 1. The molecule has 0 aliphatic heterocycles. The lowest BCUT2D eigenvalue weighted by molar-refractivity contribution is -0.171. The maximum atomic E-state index is 12.7. The molecule has 2 aliphatic carbocycles. The first-order valence-electron chi connectivity index (χ1n) is 11.6. The van der Waals surface area contributed by atoms with Crippen molar-refractivity contribution in [2.24, 2.45) is 11.7 Å². The van der Waals surface area contributed by atoms with Gasteiger partial charge < -0.3 is 15.8 Å². The highest BCUT2D eigenvalue weighted by Crippen LogP contribution is 2.36. The van der Waals surface area contributed by atoms with Crippen molar-refractivity contribution in [1.29, 1.82) is 0 Å². The van der Waals surface area contributed by atoms with Crippen molar-refractivity contribution in [1.82, 2.24) is 19.7 Å². The molecule has 0 unspecified atom stereocenters. The van der Waals surface area contributed by atoms with E-state index in [9.17, 15) is 9.59 Å². The summed E-state index contributed by atoms with van der Waals surface area (Å²) in [6.45, 7) is 0. The molecule has 5 rings (SSSR count). The van der Waals surface area contributed by atoms with E-state index < -0.39 is 11.5 Å². The molecular formula is C24H28N6O3. The molecule has 2 saturated carbocycles. The van der Waals surface area contributed by atoms with Crippen molar-refractivity contribution in [3.05, 3.63) is 42.7 Å². The minimum absolute atomic E-state index is 0.162. The van der Waals surface area contributed by atoms with Crippen LogP contribution in [0.25, 0.3) is 16.7 Å². The molecule has 0 saturated heterocycles. The standard InChI is InChI=1S/C24H28N6O3/c25-22(32)24(12-3-4-13-24)33-21(31)16-7-9-18(10-8-16)28-23-26-14-11-20(29-23)30-19-6-2-1-5-17(19)15-27-30/h1-2,5-6,11,14-16,18H,3-4,7-10,12-13H2,(H2,25,32)(H,26,28,29). The molecule has 2 aromatic heterocycles. The van der Waals surface area contributed by atoms with Crippen LogP contribution in [0.4, 0.5) is 5.95 Å². The summed E-state index contributed by atoms with van der Waals surface area (Å²) < 4.78 is 7.48. The molecule has 0 bridgehead atoms. The maximum Gasteiger partial charge on any atom is 0.309 e. The Hall–Kier alpha value is -3.49. The smallest absolute Gasteiger partial charge is 0.309 e. The van der Waals surface area contributed by atoms with Crippen LogP contribution in [0.15, 0.2) is 42.7 Å². The summed E-state index contributed by atoms with van der Waals surface area (Å²) in [5.41, 5.74) is 5.43. The van der Waals surface area contributed by atoms with E-state index in [0.29, 0.717) is 37.4 Å². The highest BCUT2D eigenvalue weighted by molar-refractivity contribution is 5.87. The van der Waals surface area contributed by atoms with Gasteiger partial charge in [-0.3, -0.25) is 9.59 Å². The lowest BCUT2D eigenvalue weighted by Gasteiger charge is -2.31. The van der Waals surface area contributed by atoms with Crippen LogP contribution in [0.5, 0.6) is 0 Å². The van der Waals surface area contributed by atoms with Crippen LogP contribution in [0.1, 0.15) is 51.4 Å². The predicted molar refractivity (Wildman–Crippen MR) is 123 cm³/mol.